The van der Waals surface area contributed by atoms with Crippen LogP contribution < -0.4 is 16.2 Å². The van der Waals surface area contributed by atoms with Crippen LogP contribution in [0.3, 0.4) is 0 Å². The van der Waals surface area contributed by atoms with Crippen LogP contribution in [0.25, 0.3) is 0 Å². The molecule has 0 aromatic heterocycles. The highest BCUT2D eigenvalue weighted by atomic mass is 35.5. The van der Waals surface area contributed by atoms with Crippen LogP contribution in [0.2, 0.25) is 5.02 Å². The number of amides is 3. The summed E-state index contributed by atoms with van der Waals surface area (Å²) in [5, 5.41) is 3.23. The van der Waals surface area contributed by atoms with Crippen LogP contribution in [0.4, 0.5) is 10.5 Å². The molecule has 2 fully saturated rings. The first-order valence-electron chi connectivity index (χ1n) is 7.27. The molecule has 2 saturated carbocycles. The van der Waals surface area contributed by atoms with Crippen molar-refractivity contribution in [3.05, 3.63) is 29.3 Å². The zero-order chi connectivity index (χ0) is 14.8. The molecule has 6 heteroatoms. The Labute approximate surface area is 128 Å². The number of anilines is 1. The van der Waals surface area contributed by atoms with Crippen molar-refractivity contribution in [1.82, 2.24) is 10.9 Å². The van der Waals surface area contributed by atoms with Crippen molar-refractivity contribution in [1.29, 1.82) is 0 Å². The predicted octanol–water partition coefficient (Wildman–Crippen LogP) is 2.93. The highest BCUT2D eigenvalue weighted by Crippen LogP contribution is 2.55. The van der Waals surface area contributed by atoms with Crippen LogP contribution >= 0.6 is 11.6 Å². The molecule has 3 N–H and O–H groups in total. The van der Waals surface area contributed by atoms with Gasteiger partial charge in [-0.15, -0.1) is 0 Å². The molecule has 2 aliphatic rings. The van der Waals surface area contributed by atoms with Crippen LogP contribution in [0.1, 0.15) is 25.7 Å². The molecule has 1 aromatic carbocycles. The average Bonchev–Trinajstić information content (AvgIpc) is 3.22. The summed E-state index contributed by atoms with van der Waals surface area (Å²) >= 11 is 5.77. The number of carbonyl (C=O) groups excluding carboxylic acids is 2. The number of nitrogens with one attached hydrogen (secondary N) is 3. The Morgan fingerprint density at radius 3 is 2.24 bits per heavy atom. The van der Waals surface area contributed by atoms with E-state index in [0.717, 1.165) is 12.8 Å². The minimum absolute atomic E-state index is 0.0712. The fraction of sp³-hybridized carbons (Fsp3) is 0.467. The van der Waals surface area contributed by atoms with Crippen molar-refractivity contribution in [2.75, 3.05) is 5.32 Å². The van der Waals surface area contributed by atoms with Gasteiger partial charge in [0.2, 0.25) is 5.91 Å². The van der Waals surface area contributed by atoms with E-state index in [-0.39, 0.29) is 11.8 Å². The molecule has 0 aliphatic heterocycles. The van der Waals surface area contributed by atoms with Crippen LogP contribution in [0, 0.1) is 17.8 Å². The van der Waals surface area contributed by atoms with E-state index in [9.17, 15) is 9.59 Å². The predicted molar refractivity (Wildman–Crippen MR) is 80.7 cm³/mol. The van der Waals surface area contributed by atoms with Gasteiger partial charge in [0.15, 0.2) is 0 Å². The highest BCUT2D eigenvalue weighted by molar-refractivity contribution is 6.30. The van der Waals surface area contributed by atoms with Crippen molar-refractivity contribution in [3.63, 3.8) is 0 Å². The average molecular weight is 308 g/mol. The maximum Gasteiger partial charge on any atom is 0.337 e. The van der Waals surface area contributed by atoms with Gasteiger partial charge in [0.25, 0.3) is 0 Å². The number of halogens is 1. The minimum atomic E-state index is -0.464. The Bertz CT molecular complexity index is 534. The Balaban J connectivity index is 1.43. The number of hydrogen-bond donors (Lipinski definition) is 3. The first kappa shape index (κ1) is 14.2. The van der Waals surface area contributed by atoms with Crippen molar-refractivity contribution < 1.29 is 9.59 Å². The van der Waals surface area contributed by atoms with E-state index in [2.05, 4.69) is 16.2 Å². The van der Waals surface area contributed by atoms with Crippen LogP contribution in [0.15, 0.2) is 24.3 Å². The summed E-state index contributed by atoms with van der Waals surface area (Å²) in [6, 6.07) is 6.29. The number of urea groups is 1. The summed E-state index contributed by atoms with van der Waals surface area (Å²) in [5.74, 6) is 1.07. The van der Waals surface area contributed by atoms with Gasteiger partial charge < -0.3 is 5.32 Å². The fourth-order valence-electron chi connectivity index (χ4n) is 3.28. The molecule has 3 amide bonds. The molecule has 0 heterocycles. The third kappa shape index (κ3) is 3.29. The highest BCUT2D eigenvalue weighted by Gasteiger charge is 2.54. The van der Waals surface area contributed by atoms with Gasteiger partial charge >= 0.3 is 6.03 Å². The summed E-state index contributed by atoms with van der Waals surface area (Å²) < 4.78 is 0. The first-order valence-corrected chi connectivity index (χ1v) is 7.65. The fourth-order valence-corrected chi connectivity index (χ4v) is 3.40. The molecule has 0 saturated heterocycles. The second kappa shape index (κ2) is 5.93. The molecule has 2 aliphatic carbocycles. The Morgan fingerprint density at radius 1 is 1.00 bits per heavy atom. The molecule has 0 bridgehead atoms. The van der Waals surface area contributed by atoms with Gasteiger partial charge in [-0.1, -0.05) is 24.4 Å². The second-order valence-corrected chi connectivity index (χ2v) is 6.15. The summed E-state index contributed by atoms with van der Waals surface area (Å²) in [6.07, 6.45) is 4.71. The third-order valence-corrected chi connectivity index (χ3v) is 4.61. The Kier molecular flexibility index (Phi) is 4.01. The molecule has 112 valence electrons. The van der Waals surface area contributed by atoms with Gasteiger partial charge in [0.05, 0.1) is 0 Å². The normalized spacial score (nSPS) is 26.4. The van der Waals surface area contributed by atoms with E-state index < -0.39 is 6.03 Å². The third-order valence-electron chi connectivity index (χ3n) is 4.36. The monoisotopic (exact) mass is 307 g/mol. The quantitative estimate of drug-likeness (QED) is 0.735. The number of fused-ring (bicyclic) bond motifs is 1. The van der Waals surface area contributed by atoms with Crippen LogP contribution in [-0.4, -0.2) is 11.9 Å². The lowest BCUT2D eigenvalue weighted by Gasteiger charge is -2.09. The number of carbonyl (C=O) groups is 2. The standard InChI is InChI=1S/C15H18ClN3O2/c16-9-5-7-10(8-6-9)17-15(21)19-18-14(20)13-11-3-1-2-4-12(11)13/h5-8,11-13H,1-4H2,(H,18,20)(H2,17,19,21)/t11-,12+,13?. The molecule has 0 spiro atoms. The SMILES string of the molecule is O=C(NNC(=O)C1[C@H]2CCCC[C@@H]12)Nc1ccc(Cl)cc1. The van der Waals surface area contributed by atoms with Gasteiger partial charge in [-0.3, -0.25) is 10.2 Å². The van der Waals surface area contributed by atoms with Gasteiger partial charge in [-0.2, -0.15) is 0 Å². The smallest absolute Gasteiger partial charge is 0.307 e. The van der Waals surface area contributed by atoms with Gasteiger partial charge in [0.1, 0.15) is 0 Å². The molecule has 21 heavy (non-hydrogen) atoms. The summed E-state index contributed by atoms with van der Waals surface area (Å²) in [4.78, 5) is 23.7. The number of hydrogen-bond acceptors (Lipinski definition) is 2. The number of hydrazine groups is 1. The Morgan fingerprint density at radius 2 is 1.62 bits per heavy atom. The topological polar surface area (TPSA) is 70.2 Å². The zero-order valence-electron chi connectivity index (χ0n) is 11.6. The number of rotatable bonds is 2. The summed E-state index contributed by atoms with van der Waals surface area (Å²) in [6.45, 7) is 0. The molecular formula is C15H18ClN3O2. The molecular weight excluding hydrogens is 290 g/mol. The maximum absolute atomic E-state index is 12.0. The van der Waals surface area contributed by atoms with E-state index in [1.165, 1.54) is 12.8 Å². The van der Waals surface area contributed by atoms with E-state index in [1.54, 1.807) is 24.3 Å². The van der Waals surface area contributed by atoms with Gasteiger partial charge in [-0.05, 0) is 48.9 Å². The largest absolute Gasteiger partial charge is 0.337 e. The maximum atomic E-state index is 12.0. The van der Waals surface area contributed by atoms with Crippen molar-refractivity contribution in [2.45, 2.75) is 25.7 Å². The van der Waals surface area contributed by atoms with Gasteiger partial charge in [0, 0.05) is 16.6 Å². The van der Waals surface area contributed by atoms with Gasteiger partial charge in [-0.25, -0.2) is 10.2 Å². The zero-order valence-corrected chi connectivity index (χ0v) is 12.3. The Hall–Kier alpha value is -1.75. The van der Waals surface area contributed by atoms with E-state index >= 15 is 0 Å². The van der Waals surface area contributed by atoms with E-state index in [4.69, 9.17) is 11.6 Å². The molecule has 5 nitrogen and oxygen atoms in total. The summed E-state index contributed by atoms with van der Waals surface area (Å²) in [5.41, 5.74) is 5.52. The molecule has 0 radical (unpaired) electrons. The number of benzene rings is 1. The van der Waals surface area contributed by atoms with Crippen molar-refractivity contribution >= 4 is 29.2 Å². The van der Waals surface area contributed by atoms with E-state index in [1.807, 2.05) is 0 Å². The van der Waals surface area contributed by atoms with E-state index in [0.29, 0.717) is 22.5 Å². The summed E-state index contributed by atoms with van der Waals surface area (Å²) in [7, 11) is 0. The van der Waals surface area contributed by atoms with Crippen LogP contribution in [0.5, 0.6) is 0 Å². The molecule has 3 rings (SSSR count). The minimum Gasteiger partial charge on any atom is -0.307 e. The lowest BCUT2D eigenvalue weighted by molar-refractivity contribution is -0.123. The molecule has 1 aromatic rings. The molecule has 1 unspecified atom stereocenters. The van der Waals surface area contributed by atoms with Crippen molar-refractivity contribution in [3.8, 4) is 0 Å². The van der Waals surface area contributed by atoms with Crippen molar-refractivity contribution in [2.24, 2.45) is 17.8 Å². The lowest BCUT2D eigenvalue weighted by Crippen LogP contribution is -2.45. The first-order chi connectivity index (χ1) is 10.1. The van der Waals surface area contributed by atoms with Crippen LogP contribution in [-0.2, 0) is 4.79 Å². The molecule has 3 atom stereocenters. The second-order valence-electron chi connectivity index (χ2n) is 5.71. The lowest BCUT2D eigenvalue weighted by atomic mass is 10.0.